The van der Waals surface area contributed by atoms with Gasteiger partial charge in [-0.05, 0) is 32.9 Å². The number of hydrogen-bond acceptors (Lipinski definition) is 4. The lowest BCUT2D eigenvalue weighted by Crippen LogP contribution is -2.26. The Morgan fingerprint density at radius 1 is 1.69 bits per heavy atom. The average Bonchev–Trinajstić information content (AvgIpc) is 2.88. The van der Waals surface area contributed by atoms with E-state index in [2.05, 4.69) is 25.6 Å². The van der Waals surface area contributed by atoms with Crippen LogP contribution < -0.4 is 0 Å². The minimum Gasteiger partial charge on any atom is -0.364 e. The molecule has 0 saturated heterocycles. The first-order chi connectivity index (χ1) is 7.66. The van der Waals surface area contributed by atoms with E-state index in [4.69, 9.17) is 0 Å². The molecule has 16 heavy (non-hydrogen) atoms. The van der Waals surface area contributed by atoms with Crippen molar-refractivity contribution in [2.24, 2.45) is 0 Å². The molecule has 0 fully saturated rings. The van der Waals surface area contributed by atoms with Crippen LogP contribution in [-0.4, -0.2) is 23.0 Å². The van der Waals surface area contributed by atoms with Crippen molar-refractivity contribution < 1.29 is 9.32 Å². The molecule has 0 N–H and O–H groups in total. The second-order valence-corrected chi connectivity index (χ2v) is 5.60. The Labute approximate surface area is 105 Å². The standard InChI is InChI=1S/C10H9BrN2O2S/c1-13(5-7-4-9(11)16-6-7)10(14)8-2-3-15-12-8/h2-4,6H,5H2,1H3. The van der Waals surface area contributed by atoms with Crippen LogP contribution in [0.1, 0.15) is 16.1 Å². The number of amides is 1. The number of nitrogens with zero attached hydrogens (tertiary/aromatic N) is 2. The van der Waals surface area contributed by atoms with Crippen LogP contribution in [0.3, 0.4) is 0 Å². The summed E-state index contributed by atoms with van der Waals surface area (Å²) in [6.45, 7) is 0.563. The van der Waals surface area contributed by atoms with Crippen molar-refractivity contribution in [3.05, 3.63) is 38.8 Å². The third kappa shape index (κ3) is 2.51. The molecule has 1 amide bonds. The quantitative estimate of drug-likeness (QED) is 0.875. The van der Waals surface area contributed by atoms with Gasteiger partial charge in [0.25, 0.3) is 5.91 Å². The minimum atomic E-state index is -0.143. The maximum atomic E-state index is 11.8. The first kappa shape index (κ1) is 11.3. The molecule has 0 saturated carbocycles. The molecular weight excluding hydrogens is 292 g/mol. The normalized spacial score (nSPS) is 10.4. The van der Waals surface area contributed by atoms with Gasteiger partial charge in [0.05, 0.1) is 3.79 Å². The van der Waals surface area contributed by atoms with Crippen molar-refractivity contribution in [2.45, 2.75) is 6.54 Å². The van der Waals surface area contributed by atoms with Gasteiger partial charge in [0.2, 0.25) is 0 Å². The van der Waals surface area contributed by atoms with Crippen molar-refractivity contribution in [2.75, 3.05) is 7.05 Å². The van der Waals surface area contributed by atoms with Crippen LogP contribution in [0.5, 0.6) is 0 Å². The van der Waals surface area contributed by atoms with E-state index in [0.717, 1.165) is 9.35 Å². The van der Waals surface area contributed by atoms with Gasteiger partial charge in [-0.1, -0.05) is 5.16 Å². The van der Waals surface area contributed by atoms with Crippen LogP contribution in [0, 0.1) is 0 Å². The molecule has 2 rings (SSSR count). The number of aromatic nitrogens is 1. The van der Waals surface area contributed by atoms with Gasteiger partial charge in [-0.2, -0.15) is 0 Å². The maximum absolute atomic E-state index is 11.8. The van der Waals surface area contributed by atoms with Crippen molar-refractivity contribution in [3.63, 3.8) is 0 Å². The number of halogens is 1. The molecule has 84 valence electrons. The molecule has 0 bridgehead atoms. The fraction of sp³-hybridized carbons (Fsp3) is 0.200. The van der Waals surface area contributed by atoms with E-state index in [-0.39, 0.29) is 5.91 Å². The summed E-state index contributed by atoms with van der Waals surface area (Å²) >= 11 is 4.99. The van der Waals surface area contributed by atoms with Crippen molar-refractivity contribution in [3.8, 4) is 0 Å². The zero-order chi connectivity index (χ0) is 11.5. The second-order valence-electron chi connectivity index (χ2n) is 3.30. The molecule has 4 nitrogen and oxygen atoms in total. The predicted molar refractivity (Wildman–Crippen MR) is 64.3 cm³/mol. The fourth-order valence-electron chi connectivity index (χ4n) is 1.29. The zero-order valence-corrected chi connectivity index (χ0v) is 10.9. The maximum Gasteiger partial charge on any atom is 0.276 e. The smallest absolute Gasteiger partial charge is 0.276 e. The lowest BCUT2D eigenvalue weighted by atomic mass is 10.3. The summed E-state index contributed by atoms with van der Waals surface area (Å²) in [7, 11) is 1.74. The first-order valence-electron chi connectivity index (χ1n) is 4.55. The number of carbonyl (C=O) groups is 1. The van der Waals surface area contributed by atoms with Crippen molar-refractivity contribution >= 4 is 33.2 Å². The van der Waals surface area contributed by atoms with Crippen LogP contribution in [0.4, 0.5) is 0 Å². The topological polar surface area (TPSA) is 46.3 Å². The molecule has 2 aromatic rings. The number of rotatable bonds is 3. The number of hydrogen-bond donors (Lipinski definition) is 0. The summed E-state index contributed by atoms with van der Waals surface area (Å²) in [6, 6.07) is 3.56. The monoisotopic (exact) mass is 300 g/mol. The summed E-state index contributed by atoms with van der Waals surface area (Å²) in [5.41, 5.74) is 1.42. The molecular formula is C10H9BrN2O2S. The molecule has 0 aliphatic carbocycles. The van der Waals surface area contributed by atoms with Gasteiger partial charge in [-0.15, -0.1) is 11.3 Å². The highest BCUT2D eigenvalue weighted by atomic mass is 79.9. The highest BCUT2D eigenvalue weighted by Gasteiger charge is 2.15. The minimum absolute atomic E-state index is 0.143. The lowest BCUT2D eigenvalue weighted by molar-refractivity contribution is 0.0775. The first-order valence-corrected chi connectivity index (χ1v) is 6.23. The van der Waals surface area contributed by atoms with Gasteiger partial charge in [0, 0.05) is 19.7 Å². The molecule has 0 aromatic carbocycles. The third-order valence-electron chi connectivity index (χ3n) is 2.05. The van der Waals surface area contributed by atoms with Crippen molar-refractivity contribution in [1.82, 2.24) is 10.1 Å². The van der Waals surface area contributed by atoms with Crippen LogP contribution in [0.2, 0.25) is 0 Å². The highest BCUT2D eigenvalue weighted by molar-refractivity contribution is 9.11. The van der Waals surface area contributed by atoms with E-state index >= 15 is 0 Å². The Balaban J connectivity index is 2.03. The molecule has 2 aromatic heterocycles. The van der Waals surface area contributed by atoms with E-state index in [1.165, 1.54) is 6.26 Å². The van der Waals surface area contributed by atoms with E-state index in [1.54, 1.807) is 29.4 Å². The Morgan fingerprint density at radius 2 is 2.50 bits per heavy atom. The SMILES string of the molecule is CN(Cc1csc(Br)c1)C(=O)c1ccon1. The van der Waals surface area contributed by atoms with E-state index in [1.807, 2.05) is 11.4 Å². The average molecular weight is 301 g/mol. The lowest BCUT2D eigenvalue weighted by Gasteiger charge is -2.14. The van der Waals surface area contributed by atoms with Crippen molar-refractivity contribution in [1.29, 1.82) is 0 Å². The molecule has 0 radical (unpaired) electrons. The Hall–Kier alpha value is -1.14. The van der Waals surface area contributed by atoms with E-state index in [0.29, 0.717) is 12.2 Å². The predicted octanol–water partition coefficient (Wildman–Crippen LogP) is 2.77. The molecule has 0 unspecified atom stereocenters. The van der Waals surface area contributed by atoms with Gasteiger partial charge < -0.3 is 9.42 Å². The van der Waals surface area contributed by atoms with Crippen LogP contribution >= 0.6 is 27.3 Å². The van der Waals surface area contributed by atoms with Gasteiger partial charge in [0.15, 0.2) is 5.69 Å². The second kappa shape index (κ2) is 4.80. The summed E-state index contributed by atoms with van der Waals surface area (Å²) in [5, 5.41) is 5.62. The van der Waals surface area contributed by atoms with Crippen LogP contribution in [0.25, 0.3) is 0 Å². The third-order valence-corrected chi connectivity index (χ3v) is 3.60. The Bertz CT molecular complexity index is 481. The Kier molecular flexibility index (Phi) is 3.40. The van der Waals surface area contributed by atoms with Gasteiger partial charge in [0.1, 0.15) is 6.26 Å². The summed E-state index contributed by atoms with van der Waals surface area (Å²) in [5.74, 6) is -0.143. The van der Waals surface area contributed by atoms with Gasteiger partial charge in [-0.3, -0.25) is 4.79 Å². The summed E-state index contributed by atoms with van der Waals surface area (Å²) in [4.78, 5) is 13.4. The summed E-state index contributed by atoms with van der Waals surface area (Å²) in [6.07, 6.45) is 1.39. The molecule has 2 heterocycles. The van der Waals surface area contributed by atoms with Gasteiger partial charge >= 0.3 is 0 Å². The van der Waals surface area contributed by atoms with Crippen LogP contribution in [-0.2, 0) is 6.54 Å². The largest absolute Gasteiger partial charge is 0.364 e. The van der Waals surface area contributed by atoms with Crippen LogP contribution in [0.15, 0.2) is 32.1 Å². The number of carbonyl (C=O) groups excluding carboxylic acids is 1. The fourth-order valence-corrected chi connectivity index (χ4v) is 2.49. The Morgan fingerprint density at radius 3 is 3.06 bits per heavy atom. The number of thiophene rings is 1. The molecule has 0 spiro atoms. The van der Waals surface area contributed by atoms with Gasteiger partial charge in [-0.25, -0.2) is 0 Å². The molecule has 0 atom stereocenters. The zero-order valence-electron chi connectivity index (χ0n) is 8.51. The highest BCUT2D eigenvalue weighted by Crippen LogP contribution is 2.21. The molecule has 6 heteroatoms. The molecule has 0 aliphatic rings. The van der Waals surface area contributed by atoms with E-state index < -0.39 is 0 Å². The van der Waals surface area contributed by atoms with E-state index in [9.17, 15) is 4.79 Å². The molecule has 0 aliphatic heterocycles. The summed E-state index contributed by atoms with van der Waals surface area (Å²) < 4.78 is 5.70.